The maximum Gasteiger partial charge on any atom is 0.121 e. The Hall–Kier alpha value is -1.42. The molecule has 0 amide bonds. The first-order valence-electron chi connectivity index (χ1n) is 6.63. The molecule has 0 aliphatic carbocycles. The molecule has 1 aromatic heterocycles. The molecule has 0 aliphatic heterocycles. The molecule has 0 N–H and O–H groups in total. The van der Waals surface area contributed by atoms with Crippen molar-refractivity contribution in [1.29, 1.82) is 0 Å². The fourth-order valence-electron chi connectivity index (χ4n) is 2.09. The van der Waals surface area contributed by atoms with E-state index in [-0.39, 0.29) is 0 Å². The lowest BCUT2D eigenvalue weighted by atomic mass is 10.3. The van der Waals surface area contributed by atoms with Gasteiger partial charge in [0, 0.05) is 19.0 Å². The van der Waals surface area contributed by atoms with Gasteiger partial charge in [0.05, 0.1) is 17.6 Å². The Bertz CT molecular complexity index is 563. The van der Waals surface area contributed by atoms with E-state index in [1.54, 1.807) is 0 Å². The summed E-state index contributed by atoms with van der Waals surface area (Å²) in [5.41, 5.74) is 2.10. The van der Waals surface area contributed by atoms with Crippen LogP contribution in [0.4, 0.5) is 0 Å². The first kappa shape index (κ1) is 14.0. The summed E-state index contributed by atoms with van der Waals surface area (Å²) in [6.07, 6.45) is 3.76. The van der Waals surface area contributed by atoms with Crippen molar-refractivity contribution in [3.05, 3.63) is 36.7 Å². The van der Waals surface area contributed by atoms with Gasteiger partial charge in [-0.25, -0.2) is 4.98 Å². The van der Waals surface area contributed by atoms with E-state index < -0.39 is 0 Å². The molecule has 2 rings (SSSR count). The second kappa shape index (κ2) is 6.66. The molecule has 0 saturated heterocycles. The molecular weight excluding hydrogens is 256 g/mol. The molecule has 0 unspecified atom stereocenters. The topological polar surface area (TPSA) is 27.1 Å². The molecule has 1 aromatic carbocycles. The maximum atomic E-state index is 5.65. The average molecular weight is 276 g/mol. The summed E-state index contributed by atoms with van der Waals surface area (Å²) in [5, 5.41) is 0. The van der Waals surface area contributed by atoms with Crippen molar-refractivity contribution in [2.45, 2.75) is 26.3 Å². The van der Waals surface area contributed by atoms with E-state index in [1.807, 2.05) is 18.2 Å². The highest BCUT2D eigenvalue weighted by Crippen LogP contribution is 2.22. The van der Waals surface area contributed by atoms with Gasteiger partial charge in [-0.1, -0.05) is 13.0 Å². The zero-order valence-electron chi connectivity index (χ0n) is 11.3. The van der Waals surface area contributed by atoms with Gasteiger partial charge in [-0.3, -0.25) is 0 Å². The molecule has 4 heteroatoms. The van der Waals surface area contributed by atoms with Gasteiger partial charge in [-0.05, 0) is 24.3 Å². The van der Waals surface area contributed by atoms with Crippen molar-refractivity contribution in [2.75, 3.05) is 12.4 Å². The Morgan fingerprint density at radius 3 is 3.00 bits per heavy atom. The van der Waals surface area contributed by atoms with Gasteiger partial charge in [0.2, 0.25) is 0 Å². The van der Waals surface area contributed by atoms with Gasteiger partial charge in [0.15, 0.2) is 0 Å². The van der Waals surface area contributed by atoms with E-state index in [4.69, 9.17) is 4.74 Å². The van der Waals surface area contributed by atoms with Crippen LogP contribution < -0.4 is 4.74 Å². The number of aromatic nitrogens is 2. The van der Waals surface area contributed by atoms with E-state index in [1.165, 1.54) is 0 Å². The molecule has 0 spiro atoms. The SMILES string of the molecule is C=CCn1c(CCS)nc2cc(OCCC)ccc21. The quantitative estimate of drug-likeness (QED) is 0.619. The van der Waals surface area contributed by atoms with E-state index in [0.717, 1.165) is 54.4 Å². The largest absolute Gasteiger partial charge is 0.494 e. The van der Waals surface area contributed by atoms with Crippen LogP contribution in [0.25, 0.3) is 11.0 Å². The summed E-state index contributed by atoms with van der Waals surface area (Å²) >= 11 is 4.29. The van der Waals surface area contributed by atoms with Crippen molar-refractivity contribution in [3.63, 3.8) is 0 Å². The van der Waals surface area contributed by atoms with Gasteiger partial charge in [-0.2, -0.15) is 12.6 Å². The fraction of sp³-hybridized carbons (Fsp3) is 0.400. The van der Waals surface area contributed by atoms with Crippen LogP contribution in [0.1, 0.15) is 19.2 Å². The van der Waals surface area contributed by atoms with Crippen molar-refractivity contribution < 1.29 is 4.74 Å². The Morgan fingerprint density at radius 1 is 1.47 bits per heavy atom. The van der Waals surface area contributed by atoms with Gasteiger partial charge in [-0.15, -0.1) is 6.58 Å². The number of nitrogens with zero attached hydrogens (tertiary/aromatic N) is 2. The van der Waals surface area contributed by atoms with E-state index in [0.29, 0.717) is 0 Å². The number of aryl methyl sites for hydroxylation is 1. The zero-order valence-corrected chi connectivity index (χ0v) is 12.2. The number of ether oxygens (including phenoxy) is 1. The molecule has 19 heavy (non-hydrogen) atoms. The summed E-state index contributed by atoms with van der Waals surface area (Å²) < 4.78 is 7.83. The molecule has 1 heterocycles. The van der Waals surface area contributed by atoms with Crippen LogP contribution in [0.5, 0.6) is 5.75 Å². The molecule has 0 radical (unpaired) electrons. The molecule has 0 aliphatic rings. The molecule has 0 fully saturated rings. The van der Waals surface area contributed by atoms with E-state index >= 15 is 0 Å². The lowest BCUT2D eigenvalue weighted by Gasteiger charge is -2.06. The van der Waals surface area contributed by atoms with Crippen molar-refractivity contribution in [1.82, 2.24) is 9.55 Å². The summed E-state index contributed by atoms with van der Waals surface area (Å²) in [6, 6.07) is 6.08. The Labute approximate surface area is 119 Å². The van der Waals surface area contributed by atoms with Crippen LogP contribution in [0.3, 0.4) is 0 Å². The molecule has 0 bridgehead atoms. The lowest BCUT2D eigenvalue weighted by Crippen LogP contribution is -2.02. The molecule has 0 saturated carbocycles. The number of hydrogen-bond donors (Lipinski definition) is 1. The minimum atomic E-state index is 0.738. The van der Waals surface area contributed by atoms with E-state index in [2.05, 4.69) is 41.7 Å². The fourth-order valence-corrected chi connectivity index (χ4v) is 2.29. The Morgan fingerprint density at radius 2 is 2.32 bits per heavy atom. The molecule has 3 nitrogen and oxygen atoms in total. The third-order valence-electron chi connectivity index (χ3n) is 2.92. The predicted molar refractivity (Wildman–Crippen MR) is 83.3 cm³/mol. The number of hydrogen-bond acceptors (Lipinski definition) is 3. The van der Waals surface area contributed by atoms with Crippen LogP contribution in [-0.2, 0) is 13.0 Å². The average Bonchev–Trinajstić information content (AvgIpc) is 2.75. The van der Waals surface area contributed by atoms with Crippen LogP contribution in [0.15, 0.2) is 30.9 Å². The third kappa shape index (κ3) is 3.13. The van der Waals surface area contributed by atoms with Crippen molar-refractivity contribution in [2.24, 2.45) is 0 Å². The van der Waals surface area contributed by atoms with Crippen LogP contribution >= 0.6 is 12.6 Å². The van der Waals surface area contributed by atoms with Crippen molar-refractivity contribution >= 4 is 23.7 Å². The van der Waals surface area contributed by atoms with Crippen LogP contribution in [-0.4, -0.2) is 21.9 Å². The predicted octanol–water partition coefficient (Wildman–Crippen LogP) is 3.48. The third-order valence-corrected chi connectivity index (χ3v) is 3.14. The number of benzene rings is 1. The number of imidazole rings is 1. The summed E-state index contributed by atoms with van der Waals surface area (Å²) in [5.74, 6) is 2.73. The minimum absolute atomic E-state index is 0.738. The summed E-state index contributed by atoms with van der Waals surface area (Å²) in [4.78, 5) is 4.68. The molecule has 2 aromatic rings. The number of fused-ring (bicyclic) bond motifs is 1. The molecule has 102 valence electrons. The number of rotatable bonds is 7. The van der Waals surface area contributed by atoms with E-state index in [9.17, 15) is 0 Å². The summed E-state index contributed by atoms with van der Waals surface area (Å²) in [7, 11) is 0. The van der Waals surface area contributed by atoms with Crippen molar-refractivity contribution in [3.8, 4) is 5.75 Å². The van der Waals surface area contributed by atoms with Gasteiger partial charge < -0.3 is 9.30 Å². The Balaban J connectivity index is 2.40. The second-order valence-corrected chi connectivity index (χ2v) is 4.85. The zero-order chi connectivity index (χ0) is 13.7. The van der Waals surface area contributed by atoms with Gasteiger partial charge in [0.1, 0.15) is 11.6 Å². The lowest BCUT2D eigenvalue weighted by molar-refractivity contribution is 0.318. The summed E-state index contributed by atoms with van der Waals surface area (Å²) in [6.45, 7) is 7.42. The van der Waals surface area contributed by atoms with Gasteiger partial charge in [0.25, 0.3) is 0 Å². The second-order valence-electron chi connectivity index (χ2n) is 4.40. The maximum absolute atomic E-state index is 5.65. The smallest absolute Gasteiger partial charge is 0.121 e. The minimum Gasteiger partial charge on any atom is -0.494 e. The normalized spacial score (nSPS) is 10.8. The standard InChI is InChI=1S/C15H20N2OS/c1-3-8-17-14-6-5-12(18-9-4-2)11-13(14)16-15(17)7-10-19/h3,5-6,11,19H,1,4,7-10H2,2H3. The van der Waals surface area contributed by atoms with Crippen LogP contribution in [0.2, 0.25) is 0 Å². The number of allylic oxidation sites excluding steroid dienone is 1. The molecular formula is C15H20N2OS. The van der Waals surface area contributed by atoms with Gasteiger partial charge >= 0.3 is 0 Å². The highest BCUT2D eigenvalue weighted by Gasteiger charge is 2.10. The number of thiol groups is 1. The highest BCUT2D eigenvalue weighted by molar-refractivity contribution is 7.80. The highest BCUT2D eigenvalue weighted by atomic mass is 32.1. The first-order valence-corrected chi connectivity index (χ1v) is 7.27. The molecule has 0 atom stereocenters. The Kier molecular flexibility index (Phi) is 4.91. The van der Waals surface area contributed by atoms with Crippen LogP contribution in [0, 0.1) is 0 Å². The monoisotopic (exact) mass is 276 g/mol. The first-order chi connectivity index (χ1) is 9.30.